The minimum absolute atomic E-state index is 0.0548. The predicted molar refractivity (Wildman–Crippen MR) is 68.5 cm³/mol. The molecule has 0 heterocycles. The summed E-state index contributed by atoms with van der Waals surface area (Å²) in [6.07, 6.45) is 0.473. The van der Waals surface area contributed by atoms with E-state index in [0.29, 0.717) is 19.5 Å². The molecule has 0 aliphatic rings. The van der Waals surface area contributed by atoms with Crippen LogP contribution in [0.25, 0.3) is 0 Å². The molecule has 0 saturated carbocycles. The number of alkyl halides is 1. The van der Waals surface area contributed by atoms with Crippen molar-refractivity contribution in [1.82, 2.24) is 10.6 Å². The highest BCUT2D eigenvalue weighted by molar-refractivity contribution is 7.47. The maximum absolute atomic E-state index is 11.1. The van der Waals surface area contributed by atoms with Crippen LogP contribution in [-0.4, -0.2) is 50.1 Å². The maximum Gasteiger partial charge on any atom is 0.472 e. The monoisotopic (exact) mass is 292 g/mol. The van der Waals surface area contributed by atoms with Gasteiger partial charge in [-0.25, -0.2) is 4.57 Å². The SMILES string of the molecule is [2H]C([2H])(Cl)C([2H])([2H])NCCNCCCOP(=O)(O)OCC. The van der Waals surface area contributed by atoms with Crippen LogP contribution in [0.3, 0.4) is 0 Å². The summed E-state index contributed by atoms with van der Waals surface area (Å²) in [5.74, 6) is -2.50. The summed E-state index contributed by atoms with van der Waals surface area (Å²) >= 11 is 5.27. The Morgan fingerprint density at radius 1 is 1.35 bits per heavy atom. The number of nitrogens with one attached hydrogen (secondary N) is 2. The third-order valence-electron chi connectivity index (χ3n) is 1.61. The molecule has 1 atom stereocenters. The maximum atomic E-state index is 11.1. The molecule has 8 heteroatoms. The normalized spacial score (nSPS) is 19.9. The Hall–Kier alpha value is 0.320. The van der Waals surface area contributed by atoms with E-state index in [9.17, 15) is 4.57 Å². The fraction of sp³-hybridized carbons (Fsp3) is 1.00. The van der Waals surface area contributed by atoms with Crippen LogP contribution in [-0.2, 0) is 13.6 Å². The molecule has 17 heavy (non-hydrogen) atoms. The van der Waals surface area contributed by atoms with Gasteiger partial charge >= 0.3 is 7.82 Å². The lowest BCUT2D eigenvalue weighted by Gasteiger charge is -2.10. The van der Waals surface area contributed by atoms with Crippen LogP contribution in [0.1, 0.15) is 18.8 Å². The number of hydrogen-bond donors (Lipinski definition) is 3. The van der Waals surface area contributed by atoms with Gasteiger partial charge in [0, 0.05) is 30.9 Å². The van der Waals surface area contributed by atoms with Crippen LogP contribution >= 0.6 is 19.4 Å². The lowest BCUT2D eigenvalue weighted by atomic mass is 10.4. The second kappa shape index (κ2) is 11.4. The van der Waals surface area contributed by atoms with Crippen molar-refractivity contribution >= 4 is 19.4 Å². The lowest BCUT2D eigenvalue weighted by molar-refractivity contribution is 0.154. The van der Waals surface area contributed by atoms with E-state index in [1.165, 1.54) is 0 Å². The fourth-order valence-corrected chi connectivity index (χ4v) is 1.78. The molecule has 6 nitrogen and oxygen atoms in total. The van der Waals surface area contributed by atoms with E-state index in [1.807, 2.05) is 0 Å². The minimum Gasteiger partial charge on any atom is -0.315 e. The number of phosphoric ester groups is 1. The molecule has 0 fully saturated rings. The summed E-state index contributed by atoms with van der Waals surface area (Å²) in [4.78, 5) is 9.11. The van der Waals surface area contributed by atoms with E-state index in [-0.39, 0.29) is 19.8 Å². The van der Waals surface area contributed by atoms with Gasteiger partial charge in [0.15, 0.2) is 0 Å². The van der Waals surface area contributed by atoms with Crippen molar-refractivity contribution < 1.29 is 24.0 Å². The molecule has 0 aromatic heterocycles. The van der Waals surface area contributed by atoms with Gasteiger partial charge in [0.25, 0.3) is 0 Å². The fourth-order valence-electron chi connectivity index (χ4n) is 0.949. The van der Waals surface area contributed by atoms with Gasteiger partial charge in [-0.15, -0.1) is 11.6 Å². The quantitative estimate of drug-likeness (QED) is 0.282. The Labute approximate surface area is 113 Å². The molecule has 0 aliphatic carbocycles. The van der Waals surface area contributed by atoms with E-state index in [1.54, 1.807) is 6.92 Å². The smallest absolute Gasteiger partial charge is 0.315 e. The van der Waals surface area contributed by atoms with Crippen LogP contribution in [0.4, 0.5) is 0 Å². The largest absolute Gasteiger partial charge is 0.472 e. The summed E-state index contributed by atoms with van der Waals surface area (Å²) in [5.41, 5.74) is 0. The van der Waals surface area contributed by atoms with Gasteiger partial charge in [-0.2, -0.15) is 0 Å². The Bertz CT molecular complexity index is 346. The Morgan fingerprint density at radius 3 is 2.71 bits per heavy atom. The molecule has 0 aromatic carbocycles. The molecule has 0 saturated heterocycles. The van der Waals surface area contributed by atoms with Gasteiger partial charge in [-0.1, -0.05) is 0 Å². The molecular weight excluding hydrogens is 267 g/mol. The van der Waals surface area contributed by atoms with E-state index in [2.05, 4.69) is 19.7 Å². The highest BCUT2D eigenvalue weighted by atomic mass is 35.5. The molecule has 0 amide bonds. The van der Waals surface area contributed by atoms with E-state index in [4.69, 9.17) is 22.0 Å². The van der Waals surface area contributed by atoms with Gasteiger partial charge in [0.2, 0.25) is 0 Å². The predicted octanol–water partition coefficient (Wildman–Crippen LogP) is 0.948. The lowest BCUT2D eigenvalue weighted by Crippen LogP contribution is -2.29. The molecule has 0 radical (unpaired) electrons. The minimum atomic E-state index is -3.94. The van der Waals surface area contributed by atoms with Crippen LogP contribution in [0.2, 0.25) is 0 Å². The number of halogens is 1. The summed E-state index contributed by atoms with van der Waals surface area (Å²) in [6, 6.07) is 0. The molecule has 0 spiro atoms. The summed E-state index contributed by atoms with van der Waals surface area (Å²) in [7, 11) is -3.94. The first-order valence-electron chi connectivity index (χ1n) is 7.28. The van der Waals surface area contributed by atoms with Gasteiger partial charge in [0.05, 0.1) is 13.2 Å². The summed E-state index contributed by atoms with van der Waals surface area (Å²) in [5, 5.41) is 5.30. The van der Waals surface area contributed by atoms with Crippen molar-refractivity contribution in [3.63, 3.8) is 0 Å². The molecule has 3 N–H and O–H groups in total. The van der Waals surface area contributed by atoms with Gasteiger partial charge in [0.1, 0.15) is 0 Å². The standard InChI is InChI=1S/C9H22ClN2O4P/c1-2-15-17(13,14)16-9-3-5-11-7-8-12-6-4-10/h11-12H,2-9H2,1H3,(H,13,14)/i4D2,6D2. The van der Waals surface area contributed by atoms with E-state index < -0.39 is 20.2 Å². The second-order valence-corrected chi connectivity index (χ2v) is 4.61. The highest BCUT2D eigenvalue weighted by Crippen LogP contribution is 2.42. The van der Waals surface area contributed by atoms with Crippen LogP contribution in [0, 0.1) is 0 Å². The average Bonchev–Trinajstić information content (AvgIpc) is 2.30. The van der Waals surface area contributed by atoms with E-state index in [0.717, 1.165) is 0 Å². The Balaban J connectivity index is 3.60. The van der Waals surface area contributed by atoms with Crippen LogP contribution in [0.5, 0.6) is 0 Å². The van der Waals surface area contributed by atoms with E-state index >= 15 is 0 Å². The van der Waals surface area contributed by atoms with Crippen molar-refractivity contribution in [1.29, 1.82) is 0 Å². The highest BCUT2D eigenvalue weighted by Gasteiger charge is 2.18. The van der Waals surface area contributed by atoms with Gasteiger partial charge < -0.3 is 15.5 Å². The van der Waals surface area contributed by atoms with Crippen molar-refractivity contribution in [3.8, 4) is 0 Å². The van der Waals surface area contributed by atoms with Crippen molar-refractivity contribution in [3.05, 3.63) is 0 Å². The molecule has 104 valence electrons. The van der Waals surface area contributed by atoms with Gasteiger partial charge in [-0.3, -0.25) is 9.05 Å². The van der Waals surface area contributed by atoms with Crippen LogP contribution in [0.15, 0.2) is 0 Å². The number of hydrogen-bond acceptors (Lipinski definition) is 5. The molecule has 0 aromatic rings. The third-order valence-corrected chi connectivity index (χ3v) is 2.79. The topological polar surface area (TPSA) is 79.8 Å². The Morgan fingerprint density at radius 2 is 2.06 bits per heavy atom. The average molecular weight is 293 g/mol. The molecular formula is C9H22ClN2O4P. The first-order valence-corrected chi connectivity index (χ1v) is 7.16. The molecule has 0 aliphatic heterocycles. The zero-order valence-electron chi connectivity index (χ0n) is 13.7. The molecule has 1 unspecified atom stereocenters. The summed E-state index contributed by atoms with van der Waals surface area (Å²) in [6.45, 7) is 0.451. The van der Waals surface area contributed by atoms with Gasteiger partial charge in [-0.05, 0) is 19.9 Å². The zero-order chi connectivity index (χ0) is 16.6. The number of rotatable bonds is 12. The molecule has 0 bridgehead atoms. The summed E-state index contributed by atoms with van der Waals surface area (Å²) < 4.78 is 49.2. The van der Waals surface area contributed by atoms with Crippen LogP contribution < -0.4 is 10.6 Å². The first kappa shape index (κ1) is 11.2. The van der Waals surface area contributed by atoms with Crippen molar-refractivity contribution in [2.75, 3.05) is 45.2 Å². The first-order chi connectivity index (χ1) is 9.52. The number of phosphoric acid groups is 1. The Kier molecular flexibility index (Phi) is 7.50. The third kappa shape index (κ3) is 12.6. The zero-order valence-corrected chi connectivity index (χ0v) is 11.4. The van der Waals surface area contributed by atoms with Crippen molar-refractivity contribution in [2.24, 2.45) is 0 Å². The van der Waals surface area contributed by atoms with Crippen molar-refractivity contribution in [2.45, 2.75) is 13.3 Å². The molecule has 0 rings (SSSR count). The second-order valence-electron chi connectivity index (χ2n) is 2.97.